The van der Waals surface area contributed by atoms with Gasteiger partial charge in [-0.25, -0.2) is 4.98 Å². The zero-order chi connectivity index (χ0) is 15.2. The highest BCUT2D eigenvalue weighted by atomic mass is 16.1. The van der Waals surface area contributed by atoms with Crippen molar-refractivity contribution in [3.05, 3.63) is 48.6 Å². The molecule has 108 valence electrons. The first kappa shape index (κ1) is 14.7. The van der Waals surface area contributed by atoms with Crippen molar-refractivity contribution < 1.29 is 4.79 Å². The summed E-state index contributed by atoms with van der Waals surface area (Å²) in [6, 6.07) is 9.75. The lowest BCUT2D eigenvalue weighted by atomic mass is 10.0. The first-order valence-electron chi connectivity index (χ1n) is 6.69. The van der Waals surface area contributed by atoms with Crippen LogP contribution >= 0.6 is 0 Å². The van der Waals surface area contributed by atoms with E-state index in [4.69, 9.17) is 5.73 Å². The van der Waals surface area contributed by atoms with Crippen LogP contribution in [0, 0.1) is 0 Å². The SMILES string of the molecule is C=CC(=O)CCc1ccc(-c2cc(NC)nc(N)n2)cc1. The van der Waals surface area contributed by atoms with Gasteiger partial charge in [0.25, 0.3) is 0 Å². The third-order valence-electron chi connectivity index (χ3n) is 3.14. The van der Waals surface area contributed by atoms with E-state index in [-0.39, 0.29) is 11.7 Å². The van der Waals surface area contributed by atoms with Gasteiger partial charge < -0.3 is 11.1 Å². The summed E-state index contributed by atoms with van der Waals surface area (Å²) in [5.41, 5.74) is 8.51. The molecule has 0 radical (unpaired) electrons. The first-order chi connectivity index (χ1) is 10.1. The van der Waals surface area contributed by atoms with Crippen molar-refractivity contribution >= 4 is 17.5 Å². The molecule has 0 unspecified atom stereocenters. The Bertz CT molecular complexity index is 650. The molecule has 3 N–H and O–H groups in total. The fourth-order valence-corrected chi connectivity index (χ4v) is 1.95. The van der Waals surface area contributed by atoms with Gasteiger partial charge in [0.1, 0.15) is 5.82 Å². The maximum atomic E-state index is 11.2. The van der Waals surface area contributed by atoms with Gasteiger partial charge in [-0.15, -0.1) is 0 Å². The topological polar surface area (TPSA) is 80.9 Å². The average molecular weight is 282 g/mol. The number of hydrogen-bond acceptors (Lipinski definition) is 5. The van der Waals surface area contributed by atoms with Gasteiger partial charge in [-0.05, 0) is 18.1 Å². The Morgan fingerprint density at radius 3 is 2.67 bits per heavy atom. The summed E-state index contributed by atoms with van der Waals surface area (Å²) in [6.45, 7) is 3.47. The number of aryl methyl sites for hydroxylation is 1. The van der Waals surface area contributed by atoms with E-state index >= 15 is 0 Å². The molecule has 0 aliphatic heterocycles. The Labute approximate surface area is 123 Å². The number of allylic oxidation sites excluding steroid dienone is 1. The number of benzene rings is 1. The van der Waals surface area contributed by atoms with E-state index in [1.54, 1.807) is 7.05 Å². The first-order valence-corrected chi connectivity index (χ1v) is 6.69. The van der Waals surface area contributed by atoms with Crippen molar-refractivity contribution in [3.8, 4) is 11.3 Å². The molecule has 5 heteroatoms. The number of hydrogen-bond donors (Lipinski definition) is 2. The number of nitrogen functional groups attached to an aromatic ring is 1. The third-order valence-corrected chi connectivity index (χ3v) is 3.14. The van der Waals surface area contributed by atoms with E-state index < -0.39 is 0 Å². The lowest BCUT2D eigenvalue weighted by Gasteiger charge is -2.06. The van der Waals surface area contributed by atoms with Gasteiger partial charge in [0.05, 0.1) is 5.69 Å². The van der Waals surface area contributed by atoms with Gasteiger partial charge in [-0.2, -0.15) is 4.98 Å². The Morgan fingerprint density at radius 1 is 1.33 bits per heavy atom. The number of nitrogens with one attached hydrogen (secondary N) is 1. The summed E-state index contributed by atoms with van der Waals surface area (Å²) >= 11 is 0. The van der Waals surface area contributed by atoms with Crippen LogP contribution in [0.3, 0.4) is 0 Å². The monoisotopic (exact) mass is 282 g/mol. The number of rotatable bonds is 6. The lowest BCUT2D eigenvalue weighted by molar-refractivity contribution is -0.114. The van der Waals surface area contributed by atoms with Crippen LogP contribution in [-0.4, -0.2) is 22.8 Å². The largest absolute Gasteiger partial charge is 0.373 e. The van der Waals surface area contributed by atoms with Crippen LogP contribution < -0.4 is 11.1 Å². The number of ketones is 1. The number of nitrogens with zero attached hydrogens (tertiary/aromatic N) is 2. The number of nitrogens with two attached hydrogens (primary N) is 1. The van der Waals surface area contributed by atoms with Crippen molar-refractivity contribution in [2.75, 3.05) is 18.1 Å². The van der Waals surface area contributed by atoms with E-state index in [1.807, 2.05) is 30.3 Å². The van der Waals surface area contributed by atoms with Crippen molar-refractivity contribution in [2.45, 2.75) is 12.8 Å². The lowest BCUT2D eigenvalue weighted by Crippen LogP contribution is -2.01. The predicted octanol–water partition coefficient (Wildman–Crippen LogP) is 2.46. The number of anilines is 2. The Morgan fingerprint density at radius 2 is 2.05 bits per heavy atom. The molecule has 0 aliphatic rings. The fraction of sp³-hybridized carbons (Fsp3) is 0.188. The van der Waals surface area contributed by atoms with Gasteiger partial charge in [-0.1, -0.05) is 30.8 Å². The fourth-order valence-electron chi connectivity index (χ4n) is 1.95. The molecule has 1 heterocycles. The molecule has 0 spiro atoms. The van der Waals surface area contributed by atoms with Crippen LogP contribution in [0.15, 0.2) is 43.0 Å². The van der Waals surface area contributed by atoms with Crippen LogP contribution in [0.4, 0.5) is 11.8 Å². The van der Waals surface area contributed by atoms with Crippen LogP contribution in [0.25, 0.3) is 11.3 Å². The Balaban J connectivity index is 2.17. The molecule has 2 aromatic rings. The highest BCUT2D eigenvalue weighted by Crippen LogP contribution is 2.21. The van der Waals surface area contributed by atoms with Gasteiger partial charge >= 0.3 is 0 Å². The second-order valence-electron chi connectivity index (χ2n) is 4.61. The molecular weight excluding hydrogens is 264 g/mol. The molecule has 2 rings (SSSR count). The molecule has 0 aliphatic carbocycles. The van der Waals surface area contributed by atoms with Gasteiger partial charge in [-0.3, -0.25) is 4.79 Å². The minimum Gasteiger partial charge on any atom is -0.373 e. The number of carbonyl (C=O) groups is 1. The summed E-state index contributed by atoms with van der Waals surface area (Å²) in [4.78, 5) is 19.5. The molecule has 0 atom stereocenters. The smallest absolute Gasteiger partial charge is 0.222 e. The molecule has 0 amide bonds. The van der Waals surface area contributed by atoms with Gasteiger partial charge in [0.15, 0.2) is 5.78 Å². The summed E-state index contributed by atoms with van der Waals surface area (Å²) in [5.74, 6) is 0.969. The van der Waals surface area contributed by atoms with E-state index in [0.717, 1.165) is 16.8 Å². The molecule has 21 heavy (non-hydrogen) atoms. The highest BCUT2D eigenvalue weighted by molar-refractivity contribution is 5.89. The van der Waals surface area contributed by atoms with Crippen LogP contribution in [0.1, 0.15) is 12.0 Å². The molecule has 0 saturated carbocycles. The standard InChI is InChI=1S/C16H18N4O/c1-3-13(21)9-6-11-4-7-12(8-5-11)14-10-15(18-2)20-16(17)19-14/h3-5,7-8,10H,1,6,9H2,2H3,(H3,17,18,19,20). The highest BCUT2D eigenvalue weighted by Gasteiger charge is 2.05. The predicted molar refractivity (Wildman–Crippen MR) is 85.0 cm³/mol. The van der Waals surface area contributed by atoms with Crippen molar-refractivity contribution in [1.82, 2.24) is 9.97 Å². The maximum Gasteiger partial charge on any atom is 0.222 e. The van der Waals surface area contributed by atoms with Gasteiger partial charge in [0.2, 0.25) is 5.95 Å². The van der Waals surface area contributed by atoms with E-state index in [0.29, 0.717) is 18.7 Å². The summed E-state index contributed by atoms with van der Waals surface area (Å²) in [5, 5.41) is 2.95. The van der Waals surface area contributed by atoms with Gasteiger partial charge in [0, 0.05) is 25.1 Å². The van der Waals surface area contributed by atoms with Crippen molar-refractivity contribution in [1.29, 1.82) is 0 Å². The molecule has 0 fully saturated rings. The molecular formula is C16H18N4O. The molecule has 0 saturated heterocycles. The second kappa shape index (κ2) is 6.65. The normalized spacial score (nSPS) is 10.1. The zero-order valence-corrected chi connectivity index (χ0v) is 12.0. The van der Waals surface area contributed by atoms with E-state index in [9.17, 15) is 4.79 Å². The van der Waals surface area contributed by atoms with Crippen LogP contribution in [0.2, 0.25) is 0 Å². The summed E-state index contributed by atoms with van der Waals surface area (Å²) in [6.07, 6.45) is 2.54. The van der Waals surface area contributed by atoms with E-state index in [2.05, 4.69) is 21.9 Å². The van der Waals surface area contributed by atoms with E-state index in [1.165, 1.54) is 6.08 Å². The van der Waals surface area contributed by atoms with Crippen molar-refractivity contribution in [3.63, 3.8) is 0 Å². The van der Waals surface area contributed by atoms with Crippen LogP contribution in [0.5, 0.6) is 0 Å². The zero-order valence-electron chi connectivity index (χ0n) is 12.0. The third kappa shape index (κ3) is 3.89. The summed E-state index contributed by atoms with van der Waals surface area (Å²) < 4.78 is 0. The number of aromatic nitrogens is 2. The Hall–Kier alpha value is -2.69. The maximum absolute atomic E-state index is 11.2. The quantitative estimate of drug-likeness (QED) is 0.795. The minimum absolute atomic E-state index is 0.0568. The molecule has 5 nitrogen and oxygen atoms in total. The molecule has 1 aromatic carbocycles. The number of carbonyl (C=O) groups excluding carboxylic acids is 1. The van der Waals surface area contributed by atoms with Crippen molar-refractivity contribution in [2.24, 2.45) is 0 Å². The average Bonchev–Trinajstić information content (AvgIpc) is 2.52. The summed E-state index contributed by atoms with van der Waals surface area (Å²) in [7, 11) is 1.78. The molecule has 0 bridgehead atoms. The minimum atomic E-state index is 0.0568. The Kier molecular flexibility index (Phi) is 4.66. The molecule has 1 aromatic heterocycles. The van der Waals surface area contributed by atoms with Crippen LogP contribution in [-0.2, 0) is 11.2 Å². The second-order valence-corrected chi connectivity index (χ2v) is 4.61.